The monoisotopic (exact) mass is 207 g/mol. The number of nitrogens with zero attached hydrogens (tertiary/aromatic N) is 2. The van der Waals surface area contributed by atoms with Crippen LogP contribution in [0.5, 0.6) is 0 Å². The standard InChI is InChI=1S/C11H17N3O/c1-3-14-8(2)10(7-13-14)6-12-11(15)9-4-5-9/h7,9H,3-6H2,1-2H3,(H,12,15). The smallest absolute Gasteiger partial charge is 0.223 e. The summed E-state index contributed by atoms with van der Waals surface area (Å²) in [6.45, 7) is 5.59. The van der Waals surface area contributed by atoms with Gasteiger partial charge in [0.1, 0.15) is 0 Å². The summed E-state index contributed by atoms with van der Waals surface area (Å²) in [5, 5.41) is 7.18. The number of hydrogen-bond acceptors (Lipinski definition) is 2. The van der Waals surface area contributed by atoms with Crippen LogP contribution in [0.25, 0.3) is 0 Å². The van der Waals surface area contributed by atoms with Crippen molar-refractivity contribution in [3.8, 4) is 0 Å². The molecule has 1 aliphatic rings. The van der Waals surface area contributed by atoms with E-state index in [-0.39, 0.29) is 11.8 Å². The van der Waals surface area contributed by atoms with Crippen LogP contribution in [-0.4, -0.2) is 15.7 Å². The van der Waals surface area contributed by atoms with Crippen LogP contribution in [0.2, 0.25) is 0 Å². The molecule has 2 rings (SSSR count). The van der Waals surface area contributed by atoms with E-state index in [2.05, 4.69) is 17.3 Å². The van der Waals surface area contributed by atoms with E-state index in [1.54, 1.807) is 0 Å². The highest BCUT2D eigenvalue weighted by Crippen LogP contribution is 2.28. The molecule has 15 heavy (non-hydrogen) atoms. The number of aromatic nitrogens is 2. The van der Waals surface area contributed by atoms with Crippen molar-refractivity contribution >= 4 is 5.91 Å². The summed E-state index contributed by atoms with van der Waals surface area (Å²) in [6, 6.07) is 0. The number of amides is 1. The summed E-state index contributed by atoms with van der Waals surface area (Å²) in [5.74, 6) is 0.477. The van der Waals surface area contributed by atoms with E-state index in [9.17, 15) is 4.79 Å². The molecule has 0 spiro atoms. The molecule has 0 unspecified atom stereocenters. The average Bonchev–Trinajstić information content (AvgIpc) is 3.01. The zero-order valence-electron chi connectivity index (χ0n) is 9.29. The Labute approximate surface area is 89.7 Å². The summed E-state index contributed by atoms with van der Waals surface area (Å²) < 4.78 is 1.94. The summed E-state index contributed by atoms with van der Waals surface area (Å²) in [4.78, 5) is 11.4. The summed E-state index contributed by atoms with van der Waals surface area (Å²) in [7, 11) is 0. The lowest BCUT2D eigenvalue weighted by Gasteiger charge is -2.04. The fourth-order valence-electron chi connectivity index (χ4n) is 1.65. The fourth-order valence-corrected chi connectivity index (χ4v) is 1.65. The van der Waals surface area contributed by atoms with Gasteiger partial charge in [-0.2, -0.15) is 5.10 Å². The Hall–Kier alpha value is -1.32. The first-order chi connectivity index (χ1) is 7.22. The van der Waals surface area contributed by atoms with Crippen molar-refractivity contribution in [2.45, 2.75) is 39.8 Å². The van der Waals surface area contributed by atoms with Gasteiger partial charge in [-0.1, -0.05) is 0 Å². The minimum absolute atomic E-state index is 0.193. The van der Waals surface area contributed by atoms with E-state index in [0.29, 0.717) is 6.54 Å². The number of rotatable bonds is 4. The van der Waals surface area contributed by atoms with Gasteiger partial charge >= 0.3 is 0 Å². The molecule has 1 N–H and O–H groups in total. The molecule has 0 aromatic carbocycles. The van der Waals surface area contributed by atoms with E-state index >= 15 is 0 Å². The lowest BCUT2D eigenvalue weighted by molar-refractivity contribution is -0.122. The van der Waals surface area contributed by atoms with E-state index in [1.807, 2.05) is 17.8 Å². The van der Waals surface area contributed by atoms with Gasteiger partial charge in [0.05, 0.1) is 6.20 Å². The lowest BCUT2D eigenvalue weighted by atomic mass is 10.2. The van der Waals surface area contributed by atoms with Gasteiger partial charge in [0, 0.05) is 30.3 Å². The molecule has 1 amide bonds. The molecule has 1 heterocycles. The van der Waals surface area contributed by atoms with E-state index in [1.165, 1.54) is 0 Å². The maximum absolute atomic E-state index is 11.4. The van der Waals surface area contributed by atoms with E-state index in [0.717, 1.165) is 30.6 Å². The maximum atomic E-state index is 11.4. The number of hydrogen-bond donors (Lipinski definition) is 1. The van der Waals surface area contributed by atoms with Gasteiger partial charge in [0.15, 0.2) is 0 Å². The van der Waals surface area contributed by atoms with Crippen molar-refractivity contribution in [3.05, 3.63) is 17.5 Å². The zero-order valence-corrected chi connectivity index (χ0v) is 9.29. The summed E-state index contributed by atoms with van der Waals surface area (Å²) in [6.07, 6.45) is 3.95. The van der Waals surface area contributed by atoms with Gasteiger partial charge in [-0.05, 0) is 26.7 Å². The third-order valence-electron chi connectivity index (χ3n) is 2.91. The normalized spacial score (nSPS) is 15.3. The van der Waals surface area contributed by atoms with Crippen LogP contribution in [0.3, 0.4) is 0 Å². The number of aryl methyl sites for hydroxylation is 1. The van der Waals surface area contributed by atoms with Crippen molar-refractivity contribution in [2.24, 2.45) is 5.92 Å². The van der Waals surface area contributed by atoms with Crippen LogP contribution in [0.1, 0.15) is 31.0 Å². The largest absolute Gasteiger partial charge is 0.352 e. The van der Waals surface area contributed by atoms with Crippen molar-refractivity contribution in [2.75, 3.05) is 0 Å². The second-order valence-corrected chi connectivity index (χ2v) is 4.06. The Morgan fingerprint density at radius 2 is 2.40 bits per heavy atom. The predicted molar refractivity (Wildman–Crippen MR) is 57.2 cm³/mol. The highest BCUT2D eigenvalue weighted by Gasteiger charge is 2.29. The van der Waals surface area contributed by atoms with Gasteiger partial charge in [-0.3, -0.25) is 9.48 Å². The molecular weight excluding hydrogens is 190 g/mol. The second kappa shape index (κ2) is 4.04. The topological polar surface area (TPSA) is 46.9 Å². The SMILES string of the molecule is CCn1ncc(CNC(=O)C2CC2)c1C. The quantitative estimate of drug-likeness (QED) is 0.807. The molecule has 1 saturated carbocycles. The molecule has 1 aliphatic carbocycles. The van der Waals surface area contributed by atoms with Gasteiger partial charge in [0.2, 0.25) is 5.91 Å². The Kier molecular flexibility index (Phi) is 2.75. The number of carbonyl (C=O) groups is 1. The van der Waals surface area contributed by atoms with Crippen molar-refractivity contribution < 1.29 is 4.79 Å². The van der Waals surface area contributed by atoms with Gasteiger partial charge in [-0.25, -0.2) is 0 Å². The third-order valence-corrected chi connectivity index (χ3v) is 2.91. The Balaban J connectivity index is 1.92. The minimum Gasteiger partial charge on any atom is -0.352 e. The highest BCUT2D eigenvalue weighted by molar-refractivity contribution is 5.80. The molecule has 0 saturated heterocycles. The fraction of sp³-hybridized carbons (Fsp3) is 0.636. The molecule has 0 atom stereocenters. The van der Waals surface area contributed by atoms with Crippen LogP contribution in [0.4, 0.5) is 0 Å². The van der Waals surface area contributed by atoms with Crippen molar-refractivity contribution in [3.63, 3.8) is 0 Å². The summed E-state index contributed by atoms with van der Waals surface area (Å²) in [5.41, 5.74) is 2.26. The van der Waals surface area contributed by atoms with E-state index in [4.69, 9.17) is 0 Å². The van der Waals surface area contributed by atoms with Crippen LogP contribution in [0.15, 0.2) is 6.20 Å². The van der Waals surface area contributed by atoms with Crippen LogP contribution in [-0.2, 0) is 17.9 Å². The highest BCUT2D eigenvalue weighted by atomic mass is 16.2. The second-order valence-electron chi connectivity index (χ2n) is 4.06. The molecule has 82 valence electrons. The lowest BCUT2D eigenvalue weighted by Crippen LogP contribution is -2.24. The molecule has 1 aromatic rings. The van der Waals surface area contributed by atoms with Crippen molar-refractivity contribution in [1.82, 2.24) is 15.1 Å². The van der Waals surface area contributed by atoms with Crippen molar-refractivity contribution in [1.29, 1.82) is 0 Å². The van der Waals surface area contributed by atoms with Crippen LogP contribution in [0, 0.1) is 12.8 Å². The molecule has 4 heteroatoms. The van der Waals surface area contributed by atoms with Gasteiger partial charge < -0.3 is 5.32 Å². The average molecular weight is 207 g/mol. The minimum atomic E-state index is 0.193. The van der Waals surface area contributed by atoms with E-state index < -0.39 is 0 Å². The Morgan fingerprint density at radius 1 is 1.67 bits per heavy atom. The van der Waals surface area contributed by atoms with Gasteiger partial charge in [0.25, 0.3) is 0 Å². The maximum Gasteiger partial charge on any atom is 0.223 e. The molecule has 0 bridgehead atoms. The molecule has 1 fully saturated rings. The Bertz CT molecular complexity index is 366. The summed E-state index contributed by atoms with van der Waals surface area (Å²) >= 11 is 0. The first-order valence-corrected chi connectivity index (χ1v) is 5.51. The molecule has 4 nitrogen and oxygen atoms in total. The first-order valence-electron chi connectivity index (χ1n) is 5.51. The molecular formula is C11H17N3O. The zero-order chi connectivity index (χ0) is 10.8. The number of nitrogens with one attached hydrogen (secondary N) is 1. The first kappa shape index (κ1) is 10.2. The molecule has 0 aliphatic heterocycles. The molecule has 0 radical (unpaired) electrons. The van der Waals surface area contributed by atoms with Crippen LogP contribution >= 0.6 is 0 Å². The number of carbonyl (C=O) groups excluding carboxylic acids is 1. The predicted octanol–water partition coefficient (Wildman–Crippen LogP) is 1.24. The molecule has 1 aromatic heterocycles. The van der Waals surface area contributed by atoms with Gasteiger partial charge in [-0.15, -0.1) is 0 Å². The Morgan fingerprint density at radius 3 is 2.93 bits per heavy atom. The van der Waals surface area contributed by atoms with Crippen LogP contribution < -0.4 is 5.32 Å². The third kappa shape index (κ3) is 2.19.